The van der Waals surface area contributed by atoms with Crippen molar-refractivity contribution in [3.8, 4) is 6.07 Å². The summed E-state index contributed by atoms with van der Waals surface area (Å²) in [5, 5.41) is 12.6. The van der Waals surface area contributed by atoms with Crippen molar-refractivity contribution >= 4 is 40.1 Å². The standard InChI is InChI=1S/C20H16N6O2S/c1-11-14(8-21)19-24-16-5-3-4-6-17(16)26(19)20(28)15(11)9-22-25-18(27)7-13-10-29-12(2)23-13/h3-6,9-10,22H,7H2,1-2H3,(H,25,27). The zero-order valence-corrected chi connectivity index (χ0v) is 16.5. The van der Waals surface area contributed by atoms with E-state index in [-0.39, 0.29) is 23.1 Å². The van der Waals surface area contributed by atoms with E-state index in [0.29, 0.717) is 33.5 Å². The molecule has 0 atom stereocenters. The van der Waals surface area contributed by atoms with E-state index in [2.05, 4.69) is 26.9 Å². The molecule has 29 heavy (non-hydrogen) atoms. The molecule has 0 unspecified atom stereocenters. The first-order valence-electron chi connectivity index (χ1n) is 8.79. The van der Waals surface area contributed by atoms with Gasteiger partial charge >= 0.3 is 0 Å². The molecule has 0 saturated heterocycles. The maximum atomic E-state index is 13.1. The molecular formula is C20H16N6O2S. The molecule has 0 aliphatic rings. The fraction of sp³-hybridized carbons (Fsp3) is 0.150. The molecule has 3 heterocycles. The van der Waals surface area contributed by atoms with E-state index < -0.39 is 0 Å². The number of fused-ring (bicyclic) bond motifs is 3. The number of rotatable bonds is 4. The maximum absolute atomic E-state index is 13.1. The van der Waals surface area contributed by atoms with Gasteiger partial charge in [-0.15, -0.1) is 11.3 Å². The van der Waals surface area contributed by atoms with Crippen molar-refractivity contribution in [1.29, 1.82) is 5.26 Å². The summed E-state index contributed by atoms with van der Waals surface area (Å²) in [6.07, 6.45) is 1.53. The summed E-state index contributed by atoms with van der Waals surface area (Å²) in [5.74, 6) is -0.286. The molecule has 0 spiro atoms. The predicted molar refractivity (Wildman–Crippen MR) is 110 cm³/mol. The molecule has 0 bridgehead atoms. The van der Waals surface area contributed by atoms with Gasteiger partial charge in [-0.05, 0) is 31.5 Å². The summed E-state index contributed by atoms with van der Waals surface area (Å²) in [5.41, 5.74) is 7.98. The highest BCUT2D eigenvalue weighted by Crippen LogP contribution is 2.17. The Morgan fingerprint density at radius 2 is 2.10 bits per heavy atom. The number of imidazole rings is 1. The first-order valence-corrected chi connectivity index (χ1v) is 9.67. The van der Waals surface area contributed by atoms with Crippen LogP contribution in [0.15, 0.2) is 34.4 Å². The van der Waals surface area contributed by atoms with Crippen LogP contribution in [0.5, 0.6) is 0 Å². The predicted octanol–water partition coefficient (Wildman–Crippen LogP) is 1.11. The second kappa shape index (κ2) is 7.33. The average molecular weight is 404 g/mol. The van der Waals surface area contributed by atoms with E-state index in [0.717, 1.165) is 5.01 Å². The summed E-state index contributed by atoms with van der Waals surface area (Å²) < 4.78 is 1.42. The Morgan fingerprint density at radius 1 is 1.31 bits per heavy atom. The first-order chi connectivity index (χ1) is 14.0. The lowest BCUT2D eigenvalue weighted by Crippen LogP contribution is -2.40. The van der Waals surface area contributed by atoms with Gasteiger partial charge in [0.05, 0.1) is 38.9 Å². The van der Waals surface area contributed by atoms with E-state index in [1.807, 2.05) is 24.4 Å². The van der Waals surface area contributed by atoms with Crippen LogP contribution < -0.4 is 21.6 Å². The molecule has 9 heteroatoms. The number of nitrogens with zero attached hydrogens (tertiary/aromatic N) is 4. The molecule has 0 aliphatic carbocycles. The number of carbonyl (C=O) groups excluding carboxylic acids is 1. The lowest BCUT2D eigenvalue weighted by molar-refractivity contribution is -0.121. The number of aryl methyl sites for hydroxylation is 1. The Kier molecular flexibility index (Phi) is 4.70. The van der Waals surface area contributed by atoms with E-state index in [4.69, 9.17) is 0 Å². The summed E-state index contributed by atoms with van der Waals surface area (Å²) in [7, 11) is 0. The number of pyridine rings is 1. The number of hydrogen-bond donors (Lipinski definition) is 2. The van der Waals surface area contributed by atoms with Crippen LogP contribution in [0, 0.1) is 25.2 Å². The van der Waals surface area contributed by atoms with Crippen molar-refractivity contribution in [2.45, 2.75) is 20.3 Å². The molecule has 2 N–H and O–H groups in total. The van der Waals surface area contributed by atoms with Crippen LogP contribution in [0.1, 0.15) is 21.8 Å². The Balaban J connectivity index is 1.71. The third-order valence-electron chi connectivity index (χ3n) is 4.55. The molecule has 4 rings (SSSR count). The van der Waals surface area contributed by atoms with E-state index >= 15 is 0 Å². The number of hydrogen-bond acceptors (Lipinski definition) is 7. The van der Waals surface area contributed by atoms with Crippen LogP contribution in [0.2, 0.25) is 0 Å². The van der Waals surface area contributed by atoms with Gasteiger partial charge in [-0.1, -0.05) is 12.1 Å². The summed E-state index contributed by atoms with van der Waals surface area (Å²) >= 11 is 1.48. The molecule has 0 aliphatic heterocycles. The number of thiazole rings is 1. The van der Waals surface area contributed by atoms with Crippen molar-refractivity contribution in [1.82, 2.24) is 25.2 Å². The fourth-order valence-corrected chi connectivity index (χ4v) is 3.79. The van der Waals surface area contributed by atoms with Crippen LogP contribution in [0.25, 0.3) is 22.9 Å². The van der Waals surface area contributed by atoms with Gasteiger partial charge in [0.15, 0.2) is 5.65 Å². The Labute approximate surface area is 169 Å². The minimum Gasteiger partial charge on any atom is -0.305 e. The zero-order chi connectivity index (χ0) is 20.5. The highest BCUT2D eigenvalue weighted by molar-refractivity contribution is 7.09. The summed E-state index contributed by atoms with van der Waals surface area (Å²) in [6, 6.07) is 9.34. The van der Waals surface area contributed by atoms with Gasteiger partial charge in [0.25, 0.3) is 5.56 Å². The van der Waals surface area contributed by atoms with Crippen molar-refractivity contribution in [3.05, 3.63) is 67.0 Å². The van der Waals surface area contributed by atoms with Gasteiger partial charge in [0.2, 0.25) is 5.91 Å². The molecule has 0 saturated carbocycles. The van der Waals surface area contributed by atoms with Crippen molar-refractivity contribution in [2.24, 2.45) is 0 Å². The molecule has 3 aromatic heterocycles. The Bertz CT molecular complexity index is 1410. The number of hydrazine groups is 1. The second-order valence-corrected chi connectivity index (χ2v) is 7.52. The largest absolute Gasteiger partial charge is 0.305 e. The molecule has 0 fully saturated rings. The molecule has 8 nitrogen and oxygen atoms in total. The van der Waals surface area contributed by atoms with Gasteiger partial charge in [-0.2, -0.15) is 5.26 Å². The molecule has 144 valence electrons. The van der Waals surface area contributed by atoms with Gasteiger partial charge < -0.3 is 5.43 Å². The SMILES string of the molecule is Cc1nc(CC(=O)NNC=c2c(C)c(C#N)c3nc4ccccc4n3c2=O)cs1. The zero-order valence-electron chi connectivity index (χ0n) is 15.7. The Morgan fingerprint density at radius 3 is 2.83 bits per heavy atom. The highest BCUT2D eigenvalue weighted by Gasteiger charge is 2.16. The van der Waals surface area contributed by atoms with Crippen LogP contribution in [-0.4, -0.2) is 20.3 Å². The third kappa shape index (κ3) is 3.30. The van der Waals surface area contributed by atoms with Crippen LogP contribution in [0.3, 0.4) is 0 Å². The van der Waals surface area contributed by atoms with Gasteiger partial charge in [-0.3, -0.25) is 19.4 Å². The number of nitrogens with one attached hydrogen (secondary N) is 2. The van der Waals surface area contributed by atoms with Crippen molar-refractivity contribution in [3.63, 3.8) is 0 Å². The summed E-state index contributed by atoms with van der Waals surface area (Å²) in [4.78, 5) is 33.8. The van der Waals surface area contributed by atoms with E-state index in [1.165, 1.54) is 21.9 Å². The molecule has 0 radical (unpaired) electrons. The topological polar surface area (TPSA) is 112 Å². The minimum atomic E-state index is -0.318. The number of benzene rings is 1. The van der Waals surface area contributed by atoms with Gasteiger partial charge in [0.1, 0.15) is 6.07 Å². The average Bonchev–Trinajstić information content (AvgIpc) is 3.28. The van der Waals surface area contributed by atoms with E-state index in [9.17, 15) is 14.9 Å². The van der Waals surface area contributed by atoms with Crippen molar-refractivity contribution in [2.75, 3.05) is 0 Å². The molecule has 4 aromatic rings. The fourth-order valence-electron chi connectivity index (χ4n) is 3.17. The van der Waals surface area contributed by atoms with Gasteiger partial charge in [-0.25, -0.2) is 9.97 Å². The van der Waals surface area contributed by atoms with Crippen LogP contribution in [0.4, 0.5) is 0 Å². The maximum Gasteiger partial charge on any atom is 0.265 e. The molecule has 1 aromatic carbocycles. The first kappa shape index (κ1) is 18.6. The Hall–Kier alpha value is -3.77. The van der Waals surface area contributed by atoms with E-state index in [1.54, 1.807) is 19.1 Å². The van der Waals surface area contributed by atoms with Crippen LogP contribution in [-0.2, 0) is 11.2 Å². The summed E-state index contributed by atoms with van der Waals surface area (Å²) in [6.45, 7) is 3.56. The second-order valence-electron chi connectivity index (χ2n) is 6.46. The number of amides is 1. The normalized spacial score (nSPS) is 11.7. The lowest BCUT2D eigenvalue weighted by atomic mass is 10.1. The van der Waals surface area contributed by atoms with Crippen molar-refractivity contribution < 1.29 is 4.79 Å². The number of carbonyl (C=O) groups is 1. The minimum absolute atomic E-state index is 0.128. The molecule has 1 amide bonds. The number of aromatic nitrogens is 3. The quantitative estimate of drug-likeness (QED) is 0.493. The molecular weight excluding hydrogens is 388 g/mol. The van der Waals surface area contributed by atoms with Gasteiger partial charge in [0, 0.05) is 11.6 Å². The number of nitriles is 1. The third-order valence-corrected chi connectivity index (χ3v) is 5.37. The number of para-hydroxylation sites is 2. The highest BCUT2D eigenvalue weighted by atomic mass is 32.1. The monoisotopic (exact) mass is 404 g/mol. The van der Waals surface area contributed by atoms with Crippen LogP contribution >= 0.6 is 11.3 Å². The smallest absolute Gasteiger partial charge is 0.265 e. The lowest BCUT2D eigenvalue weighted by Gasteiger charge is -2.05.